The molecule has 1 aromatic heterocycles. The number of hydrogen-bond donors (Lipinski definition) is 2. The second kappa shape index (κ2) is 8.78. The largest absolute Gasteiger partial charge is 0.342 e. The third kappa shape index (κ3) is 4.74. The van der Waals surface area contributed by atoms with E-state index < -0.39 is 5.54 Å². The third-order valence-electron chi connectivity index (χ3n) is 4.86. The van der Waals surface area contributed by atoms with E-state index in [0.29, 0.717) is 15.7 Å². The molecule has 0 spiro atoms. The topological polar surface area (TPSA) is 71.8 Å². The van der Waals surface area contributed by atoms with Crippen molar-refractivity contribution in [3.05, 3.63) is 45.2 Å². The SMILES string of the molecule is Cc1c(C(=O)NC(C)(C)c2ccc(Cl)c(Cl)c2)nnn1C1CCNCC1.Cl. The van der Waals surface area contributed by atoms with Gasteiger partial charge in [0.2, 0.25) is 0 Å². The zero-order chi connectivity index (χ0) is 18.9. The van der Waals surface area contributed by atoms with E-state index in [2.05, 4.69) is 20.9 Å². The molecule has 1 aliphatic rings. The molecule has 0 radical (unpaired) electrons. The highest BCUT2D eigenvalue weighted by atomic mass is 35.5. The van der Waals surface area contributed by atoms with Crippen molar-refractivity contribution in [2.45, 2.75) is 45.2 Å². The maximum Gasteiger partial charge on any atom is 0.274 e. The smallest absolute Gasteiger partial charge is 0.274 e. The number of piperidine rings is 1. The minimum Gasteiger partial charge on any atom is -0.342 e. The molecule has 27 heavy (non-hydrogen) atoms. The van der Waals surface area contributed by atoms with Gasteiger partial charge in [-0.3, -0.25) is 4.79 Å². The second-order valence-corrected chi connectivity index (χ2v) is 7.97. The number of nitrogens with one attached hydrogen (secondary N) is 2. The van der Waals surface area contributed by atoms with Crippen LogP contribution < -0.4 is 10.6 Å². The number of aromatic nitrogens is 3. The molecule has 2 aromatic rings. The van der Waals surface area contributed by atoms with E-state index >= 15 is 0 Å². The van der Waals surface area contributed by atoms with E-state index in [0.717, 1.165) is 37.2 Å². The van der Waals surface area contributed by atoms with Gasteiger partial charge in [-0.2, -0.15) is 0 Å². The van der Waals surface area contributed by atoms with Crippen molar-refractivity contribution in [3.63, 3.8) is 0 Å². The zero-order valence-electron chi connectivity index (χ0n) is 15.6. The average molecular weight is 433 g/mol. The molecule has 2 heterocycles. The number of amides is 1. The summed E-state index contributed by atoms with van der Waals surface area (Å²) in [4.78, 5) is 12.8. The lowest BCUT2D eigenvalue weighted by atomic mass is 9.94. The molecule has 2 N–H and O–H groups in total. The Hall–Kier alpha value is -1.34. The van der Waals surface area contributed by atoms with Crippen LogP contribution in [0.4, 0.5) is 0 Å². The van der Waals surface area contributed by atoms with Gasteiger partial charge < -0.3 is 10.6 Å². The summed E-state index contributed by atoms with van der Waals surface area (Å²) in [6.07, 6.45) is 1.97. The third-order valence-corrected chi connectivity index (χ3v) is 5.60. The van der Waals surface area contributed by atoms with E-state index in [9.17, 15) is 4.79 Å². The molecule has 0 aliphatic carbocycles. The molecule has 1 saturated heterocycles. The Morgan fingerprint density at radius 2 is 1.93 bits per heavy atom. The highest BCUT2D eigenvalue weighted by Gasteiger charge is 2.28. The van der Waals surface area contributed by atoms with Gasteiger partial charge in [-0.15, -0.1) is 17.5 Å². The first-order valence-corrected chi connectivity index (χ1v) is 9.46. The Kier molecular flexibility index (Phi) is 7.14. The predicted octanol–water partition coefficient (Wildman–Crippen LogP) is 3.90. The summed E-state index contributed by atoms with van der Waals surface area (Å²) in [6, 6.07) is 5.63. The lowest BCUT2D eigenvalue weighted by Crippen LogP contribution is -2.41. The summed E-state index contributed by atoms with van der Waals surface area (Å²) in [6.45, 7) is 7.63. The van der Waals surface area contributed by atoms with E-state index in [1.54, 1.807) is 12.1 Å². The van der Waals surface area contributed by atoms with Crippen molar-refractivity contribution < 1.29 is 4.79 Å². The van der Waals surface area contributed by atoms with Crippen LogP contribution in [0.2, 0.25) is 10.0 Å². The maximum absolute atomic E-state index is 12.8. The molecular weight excluding hydrogens is 409 g/mol. The fourth-order valence-corrected chi connectivity index (χ4v) is 3.55. The fraction of sp³-hybridized carbons (Fsp3) is 0.500. The first kappa shape index (κ1) is 22.0. The molecular formula is C18H24Cl3N5O. The van der Waals surface area contributed by atoms with Crippen molar-refractivity contribution >= 4 is 41.5 Å². The van der Waals surface area contributed by atoms with Crippen LogP contribution in [0.1, 0.15) is 54.5 Å². The van der Waals surface area contributed by atoms with Crippen molar-refractivity contribution in [3.8, 4) is 0 Å². The Morgan fingerprint density at radius 3 is 2.56 bits per heavy atom. The van der Waals surface area contributed by atoms with Crippen molar-refractivity contribution in [2.24, 2.45) is 0 Å². The molecule has 0 saturated carbocycles. The number of carbonyl (C=O) groups is 1. The summed E-state index contributed by atoms with van der Waals surface area (Å²) < 4.78 is 1.88. The molecule has 9 heteroatoms. The summed E-state index contributed by atoms with van der Waals surface area (Å²) in [7, 11) is 0. The van der Waals surface area contributed by atoms with Crippen LogP contribution in [0.3, 0.4) is 0 Å². The van der Waals surface area contributed by atoms with Crippen LogP contribution in [-0.2, 0) is 5.54 Å². The van der Waals surface area contributed by atoms with Crippen LogP contribution >= 0.6 is 35.6 Å². The van der Waals surface area contributed by atoms with Crippen LogP contribution in [0.5, 0.6) is 0 Å². The molecule has 0 atom stereocenters. The summed E-state index contributed by atoms with van der Waals surface area (Å²) in [5.41, 5.74) is 1.38. The van der Waals surface area contributed by atoms with Gasteiger partial charge in [0, 0.05) is 0 Å². The molecule has 1 aromatic carbocycles. The van der Waals surface area contributed by atoms with Gasteiger partial charge in [-0.05, 0) is 64.4 Å². The first-order valence-electron chi connectivity index (χ1n) is 8.70. The minimum atomic E-state index is -0.629. The van der Waals surface area contributed by atoms with Gasteiger partial charge in [0.05, 0.1) is 27.3 Å². The highest BCUT2D eigenvalue weighted by Crippen LogP contribution is 2.29. The number of rotatable bonds is 4. The molecule has 3 rings (SSSR count). The van der Waals surface area contributed by atoms with Gasteiger partial charge in [-0.1, -0.05) is 34.5 Å². The second-order valence-electron chi connectivity index (χ2n) is 7.16. The van der Waals surface area contributed by atoms with Gasteiger partial charge in [0.25, 0.3) is 5.91 Å². The zero-order valence-corrected chi connectivity index (χ0v) is 17.9. The Bertz CT molecular complexity index is 815. The normalized spacial score (nSPS) is 15.3. The molecule has 148 valence electrons. The molecule has 0 bridgehead atoms. The van der Waals surface area contributed by atoms with Gasteiger partial charge in [0.15, 0.2) is 5.69 Å². The molecule has 1 aliphatic heterocycles. The van der Waals surface area contributed by atoms with E-state index in [-0.39, 0.29) is 24.4 Å². The Labute approximate surface area is 175 Å². The van der Waals surface area contributed by atoms with Crippen LogP contribution in [0.25, 0.3) is 0 Å². The van der Waals surface area contributed by atoms with Crippen LogP contribution in [0.15, 0.2) is 18.2 Å². The van der Waals surface area contributed by atoms with Gasteiger partial charge >= 0.3 is 0 Å². The van der Waals surface area contributed by atoms with Crippen molar-refractivity contribution in [2.75, 3.05) is 13.1 Å². The molecule has 0 unspecified atom stereocenters. The number of benzene rings is 1. The quantitative estimate of drug-likeness (QED) is 0.768. The number of hydrogen-bond acceptors (Lipinski definition) is 4. The van der Waals surface area contributed by atoms with Crippen molar-refractivity contribution in [1.82, 2.24) is 25.6 Å². The predicted molar refractivity (Wildman–Crippen MR) is 110 cm³/mol. The number of nitrogens with zero attached hydrogens (tertiary/aromatic N) is 3. The average Bonchev–Trinajstić information content (AvgIpc) is 2.99. The van der Waals surface area contributed by atoms with Gasteiger partial charge in [0.1, 0.15) is 0 Å². The Morgan fingerprint density at radius 1 is 1.26 bits per heavy atom. The summed E-state index contributed by atoms with van der Waals surface area (Å²) in [5, 5.41) is 15.7. The monoisotopic (exact) mass is 431 g/mol. The van der Waals surface area contributed by atoms with E-state index in [1.807, 2.05) is 31.5 Å². The van der Waals surface area contributed by atoms with Crippen LogP contribution in [-0.4, -0.2) is 34.0 Å². The summed E-state index contributed by atoms with van der Waals surface area (Å²) in [5.74, 6) is -0.251. The summed E-state index contributed by atoms with van der Waals surface area (Å²) >= 11 is 12.1. The van der Waals surface area contributed by atoms with Crippen molar-refractivity contribution in [1.29, 1.82) is 0 Å². The van der Waals surface area contributed by atoms with E-state index in [1.165, 1.54) is 0 Å². The Balaban J connectivity index is 0.00000261. The lowest BCUT2D eigenvalue weighted by Gasteiger charge is -2.27. The van der Waals surface area contributed by atoms with E-state index in [4.69, 9.17) is 23.2 Å². The standard InChI is InChI=1S/C18H23Cl2N5O.ClH/c1-11-16(23-24-25(11)13-6-8-21-9-7-13)17(26)22-18(2,3)12-4-5-14(19)15(20)10-12;/h4-5,10,13,21H,6-9H2,1-3H3,(H,22,26);1H. The highest BCUT2D eigenvalue weighted by molar-refractivity contribution is 6.42. The molecule has 6 nitrogen and oxygen atoms in total. The lowest BCUT2D eigenvalue weighted by molar-refractivity contribution is 0.0906. The maximum atomic E-state index is 12.8. The van der Waals surface area contributed by atoms with Crippen LogP contribution in [0, 0.1) is 6.92 Å². The number of halogens is 3. The minimum absolute atomic E-state index is 0. The number of carbonyl (C=O) groups excluding carboxylic acids is 1. The fourth-order valence-electron chi connectivity index (χ4n) is 3.25. The molecule has 1 fully saturated rings. The first-order chi connectivity index (χ1) is 12.3. The molecule has 1 amide bonds. The van der Waals surface area contributed by atoms with Gasteiger partial charge in [-0.25, -0.2) is 4.68 Å².